The van der Waals surface area contributed by atoms with Crippen LogP contribution in [-0.2, 0) is 4.79 Å². The maximum absolute atomic E-state index is 10.7. The lowest BCUT2D eigenvalue weighted by Crippen LogP contribution is -2.39. The second-order valence-electron chi connectivity index (χ2n) is 3.16. The van der Waals surface area contributed by atoms with E-state index in [0.29, 0.717) is 12.8 Å². The molecule has 0 aromatic rings. The van der Waals surface area contributed by atoms with E-state index in [0.717, 1.165) is 5.57 Å². The van der Waals surface area contributed by atoms with E-state index >= 15 is 0 Å². The van der Waals surface area contributed by atoms with Crippen LogP contribution in [0.15, 0.2) is 12.2 Å². The molecule has 0 radical (unpaired) electrons. The van der Waals surface area contributed by atoms with Gasteiger partial charge in [0.25, 0.3) is 0 Å². The Bertz CT molecular complexity index is 261. The lowest BCUT2D eigenvalue weighted by atomic mass is 10.0. The molecule has 72 valence electrons. The van der Waals surface area contributed by atoms with E-state index in [1.54, 1.807) is 0 Å². The van der Waals surface area contributed by atoms with Crippen LogP contribution in [0.1, 0.15) is 12.8 Å². The Morgan fingerprint density at radius 2 is 2.00 bits per heavy atom. The van der Waals surface area contributed by atoms with E-state index in [-0.39, 0.29) is 0 Å². The summed E-state index contributed by atoms with van der Waals surface area (Å²) in [6.07, 6.45) is -0.408. The lowest BCUT2D eigenvalue weighted by molar-refractivity contribution is -0.141. The Hall–Kier alpha value is -1.52. The van der Waals surface area contributed by atoms with Gasteiger partial charge in [-0.15, -0.1) is 0 Å². The molecule has 13 heavy (non-hydrogen) atoms. The molecule has 1 amide bonds. The highest BCUT2D eigenvalue weighted by atomic mass is 16.4. The van der Waals surface area contributed by atoms with E-state index in [4.69, 9.17) is 10.2 Å². The molecule has 0 saturated heterocycles. The topological polar surface area (TPSA) is 86.6 Å². The normalized spacial score (nSPS) is 27.2. The van der Waals surface area contributed by atoms with Crippen molar-refractivity contribution in [1.29, 1.82) is 0 Å². The minimum atomic E-state index is -1.19. The molecule has 0 aliphatic heterocycles. The number of rotatable bonds is 2. The van der Waals surface area contributed by atoms with Crippen LogP contribution in [0.25, 0.3) is 0 Å². The summed E-state index contributed by atoms with van der Waals surface area (Å²) in [4.78, 5) is 21.0. The summed E-state index contributed by atoms with van der Waals surface area (Å²) in [5.74, 6) is -1.64. The SMILES string of the molecule is C=C1CC(NC(=O)O)C(C(=O)O)C1. The quantitative estimate of drug-likeness (QED) is 0.552. The van der Waals surface area contributed by atoms with Gasteiger partial charge in [0.05, 0.1) is 5.92 Å². The molecule has 0 aromatic heterocycles. The second-order valence-corrected chi connectivity index (χ2v) is 3.16. The van der Waals surface area contributed by atoms with Gasteiger partial charge in [-0.2, -0.15) is 0 Å². The highest BCUT2D eigenvalue weighted by Gasteiger charge is 2.35. The third-order valence-electron chi connectivity index (χ3n) is 2.13. The number of amides is 1. The first-order chi connectivity index (χ1) is 6.00. The molecular formula is C8H11NO4. The van der Waals surface area contributed by atoms with Crippen molar-refractivity contribution < 1.29 is 19.8 Å². The summed E-state index contributed by atoms with van der Waals surface area (Å²) in [6.45, 7) is 3.65. The summed E-state index contributed by atoms with van der Waals surface area (Å²) in [5.41, 5.74) is 0.783. The van der Waals surface area contributed by atoms with Crippen molar-refractivity contribution >= 4 is 12.1 Å². The molecule has 5 heteroatoms. The van der Waals surface area contributed by atoms with Crippen molar-refractivity contribution in [3.8, 4) is 0 Å². The predicted octanol–water partition coefficient (Wildman–Crippen LogP) is 0.673. The van der Waals surface area contributed by atoms with Crippen LogP contribution < -0.4 is 5.32 Å². The molecule has 1 saturated carbocycles. The van der Waals surface area contributed by atoms with Crippen molar-refractivity contribution in [3.63, 3.8) is 0 Å². The molecule has 0 bridgehead atoms. The van der Waals surface area contributed by atoms with E-state index in [1.807, 2.05) is 0 Å². The molecular weight excluding hydrogens is 174 g/mol. The first kappa shape index (κ1) is 9.57. The van der Waals surface area contributed by atoms with Gasteiger partial charge in [0.15, 0.2) is 0 Å². The maximum atomic E-state index is 10.7. The van der Waals surface area contributed by atoms with Crippen LogP contribution in [0.2, 0.25) is 0 Å². The molecule has 0 aromatic carbocycles. The summed E-state index contributed by atoms with van der Waals surface area (Å²) in [7, 11) is 0. The highest BCUT2D eigenvalue weighted by Crippen LogP contribution is 2.29. The summed E-state index contributed by atoms with van der Waals surface area (Å²) in [5, 5.41) is 19.3. The van der Waals surface area contributed by atoms with E-state index in [2.05, 4.69) is 11.9 Å². The van der Waals surface area contributed by atoms with Gasteiger partial charge in [-0.05, 0) is 12.8 Å². The largest absolute Gasteiger partial charge is 0.481 e. The fraction of sp³-hybridized carbons (Fsp3) is 0.500. The first-order valence-corrected chi connectivity index (χ1v) is 3.89. The molecule has 2 unspecified atom stereocenters. The van der Waals surface area contributed by atoms with Gasteiger partial charge in [-0.25, -0.2) is 4.79 Å². The van der Waals surface area contributed by atoms with Crippen LogP contribution in [0.3, 0.4) is 0 Å². The van der Waals surface area contributed by atoms with Gasteiger partial charge in [0.2, 0.25) is 0 Å². The predicted molar refractivity (Wildman–Crippen MR) is 44.4 cm³/mol. The Kier molecular flexibility index (Phi) is 2.55. The van der Waals surface area contributed by atoms with Crippen molar-refractivity contribution in [1.82, 2.24) is 5.32 Å². The number of hydrogen-bond acceptors (Lipinski definition) is 2. The Morgan fingerprint density at radius 3 is 2.46 bits per heavy atom. The lowest BCUT2D eigenvalue weighted by Gasteiger charge is -2.14. The zero-order chi connectivity index (χ0) is 10.0. The number of carbonyl (C=O) groups is 2. The van der Waals surface area contributed by atoms with Crippen LogP contribution in [0.5, 0.6) is 0 Å². The van der Waals surface area contributed by atoms with Crippen LogP contribution in [0.4, 0.5) is 4.79 Å². The molecule has 3 N–H and O–H groups in total. The van der Waals surface area contributed by atoms with E-state index in [9.17, 15) is 9.59 Å². The zero-order valence-electron chi connectivity index (χ0n) is 6.99. The third kappa shape index (κ3) is 2.21. The van der Waals surface area contributed by atoms with Crippen LogP contribution in [-0.4, -0.2) is 28.3 Å². The van der Waals surface area contributed by atoms with E-state index in [1.165, 1.54) is 0 Å². The van der Waals surface area contributed by atoms with Gasteiger partial charge < -0.3 is 15.5 Å². The van der Waals surface area contributed by atoms with E-state index < -0.39 is 24.0 Å². The van der Waals surface area contributed by atoms with Crippen molar-refractivity contribution in [3.05, 3.63) is 12.2 Å². The average Bonchev–Trinajstić information content (AvgIpc) is 2.29. The fourth-order valence-corrected chi connectivity index (χ4v) is 1.56. The Morgan fingerprint density at radius 1 is 1.38 bits per heavy atom. The molecule has 5 nitrogen and oxygen atoms in total. The van der Waals surface area contributed by atoms with Gasteiger partial charge in [-0.3, -0.25) is 4.79 Å². The monoisotopic (exact) mass is 185 g/mol. The molecule has 2 atom stereocenters. The fourth-order valence-electron chi connectivity index (χ4n) is 1.56. The van der Waals surface area contributed by atoms with Crippen molar-refractivity contribution in [2.24, 2.45) is 5.92 Å². The van der Waals surface area contributed by atoms with Gasteiger partial charge in [-0.1, -0.05) is 12.2 Å². The third-order valence-corrected chi connectivity index (χ3v) is 2.13. The smallest absolute Gasteiger partial charge is 0.404 e. The minimum absolute atomic E-state index is 0.361. The Labute approximate surface area is 75.1 Å². The van der Waals surface area contributed by atoms with Gasteiger partial charge in [0, 0.05) is 6.04 Å². The maximum Gasteiger partial charge on any atom is 0.404 e. The number of hydrogen-bond donors (Lipinski definition) is 3. The molecule has 0 spiro atoms. The molecule has 1 aliphatic carbocycles. The number of carboxylic acids is 1. The standard InChI is InChI=1S/C8H11NO4/c1-4-2-5(7(10)11)6(3-4)9-8(12)13/h5-6,9H,1-3H2,(H,10,11)(H,12,13). The Balaban J connectivity index is 2.66. The van der Waals surface area contributed by atoms with Crippen LogP contribution in [0, 0.1) is 5.92 Å². The summed E-state index contributed by atoms with van der Waals surface area (Å²) >= 11 is 0. The minimum Gasteiger partial charge on any atom is -0.481 e. The van der Waals surface area contributed by atoms with Crippen LogP contribution >= 0.6 is 0 Å². The number of aliphatic carboxylic acids is 1. The molecule has 1 aliphatic rings. The second kappa shape index (κ2) is 3.47. The molecule has 1 fully saturated rings. The van der Waals surface area contributed by atoms with Gasteiger partial charge >= 0.3 is 12.1 Å². The molecule has 0 heterocycles. The number of nitrogens with one attached hydrogen (secondary N) is 1. The highest BCUT2D eigenvalue weighted by molar-refractivity contribution is 5.74. The first-order valence-electron chi connectivity index (χ1n) is 3.89. The summed E-state index contributed by atoms with van der Waals surface area (Å²) in [6, 6.07) is -0.525. The van der Waals surface area contributed by atoms with Gasteiger partial charge in [0.1, 0.15) is 0 Å². The average molecular weight is 185 g/mol. The van der Waals surface area contributed by atoms with Crippen molar-refractivity contribution in [2.45, 2.75) is 18.9 Å². The van der Waals surface area contributed by atoms with Crippen molar-refractivity contribution in [2.75, 3.05) is 0 Å². The summed E-state index contributed by atoms with van der Waals surface area (Å²) < 4.78 is 0. The molecule has 1 rings (SSSR count). The number of carboxylic acid groups (broad SMARTS) is 2. The zero-order valence-corrected chi connectivity index (χ0v) is 6.99.